The predicted octanol–water partition coefficient (Wildman–Crippen LogP) is 0.557. The Kier molecular flexibility index (Phi) is 18.6. The minimum Gasteiger partial charge on any atom is -1.00 e. The molecule has 0 heterocycles. The maximum absolute atomic E-state index is 2.79. The van der Waals surface area contributed by atoms with E-state index in [1.54, 1.807) is 15.6 Å². The van der Waals surface area contributed by atoms with Crippen LogP contribution < -0.4 is 52.8 Å². The molecule has 6 rings (SSSR count). The van der Waals surface area contributed by atoms with Gasteiger partial charge in [0.25, 0.3) is 0 Å². The van der Waals surface area contributed by atoms with Gasteiger partial charge >= 0.3 is 21.7 Å². The smallest absolute Gasteiger partial charge is 1.00 e. The summed E-state index contributed by atoms with van der Waals surface area (Å²) < 4.78 is 0. The summed E-state index contributed by atoms with van der Waals surface area (Å²) in [7, 11) is -2.49. The van der Waals surface area contributed by atoms with E-state index in [0.717, 1.165) is 5.92 Å². The van der Waals surface area contributed by atoms with Gasteiger partial charge in [-0.3, -0.25) is 0 Å². The molecule has 0 spiro atoms. The normalized spacial score (nSPS) is 22.3. The molecule has 0 bridgehead atoms. The SMILES string of the molecule is CCCCc1ccc([Si](c2ccc(CCCC)cc2)(c2ccc(CCCC)cc2)C2C3C=CC=CC3C3CCC[CH-]C32)cc1.[Cl-].[Cl-].[Cl-].[Ti+4]. The Balaban J connectivity index is 0.00000200. The molecular weight excluding hydrogens is 699 g/mol. The zero-order valence-corrected chi connectivity index (χ0v) is 34.2. The largest absolute Gasteiger partial charge is 4.00 e. The van der Waals surface area contributed by atoms with Gasteiger partial charge in [-0.15, -0.1) is 0 Å². The first kappa shape index (κ1) is 43.1. The van der Waals surface area contributed by atoms with Crippen molar-refractivity contribution in [3.05, 3.63) is 120 Å². The second kappa shape index (κ2) is 20.7. The van der Waals surface area contributed by atoms with E-state index in [0.29, 0.717) is 23.3 Å². The van der Waals surface area contributed by atoms with Crippen LogP contribution in [-0.4, -0.2) is 8.07 Å². The molecule has 3 aromatic carbocycles. The van der Waals surface area contributed by atoms with Gasteiger partial charge in [-0.1, -0.05) is 161 Å². The van der Waals surface area contributed by atoms with Crippen LogP contribution in [0.5, 0.6) is 0 Å². The molecule has 3 aliphatic rings. The molecule has 0 saturated heterocycles. The van der Waals surface area contributed by atoms with E-state index in [1.165, 1.54) is 93.7 Å². The first-order valence-electron chi connectivity index (χ1n) is 18.2. The molecule has 5 heteroatoms. The summed E-state index contributed by atoms with van der Waals surface area (Å²) >= 11 is 0. The topological polar surface area (TPSA) is 0 Å². The van der Waals surface area contributed by atoms with E-state index >= 15 is 0 Å². The quantitative estimate of drug-likeness (QED) is 0.136. The van der Waals surface area contributed by atoms with Crippen molar-refractivity contribution in [3.8, 4) is 0 Å². The number of hydrogen-bond donors (Lipinski definition) is 0. The Morgan fingerprint density at radius 2 is 0.979 bits per heavy atom. The van der Waals surface area contributed by atoms with Crippen LogP contribution in [0.25, 0.3) is 0 Å². The van der Waals surface area contributed by atoms with Crippen molar-refractivity contribution >= 4 is 23.6 Å². The van der Waals surface area contributed by atoms with Crippen LogP contribution >= 0.6 is 0 Å². The maximum Gasteiger partial charge on any atom is 4.00 e. The molecule has 0 nitrogen and oxygen atoms in total. The van der Waals surface area contributed by atoms with Crippen molar-refractivity contribution in [1.82, 2.24) is 0 Å². The van der Waals surface area contributed by atoms with Crippen LogP contribution in [0.4, 0.5) is 0 Å². The fourth-order valence-electron chi connectivity index (χ4n) is 9.18. The molecule has 5 atom stereocenters. The molecule has 5 unspecified atom stereocenters. The maximum atomic E-state index is 2.79. The second-order valence-corrected chi connectivity index (χ2v) is 18.1. The Bertz CT molecular complexity index is 1270. The number of aryl methyl sites for hydroxylation is 3. The van der Waals surface area contributed by atoms with Crippen molar-refractivity contribution in [3.63, 3.8) is 0 Å². The summed E-state index contributed by atoms with van der Waals surface area (Å²) in [5.74, 6) is 2.69. The van der Waals surface area contributed by atoms with Gasteiger partial charge in [0.1, 0.15) is 8.07 Å². The number of hydrogen-bond acceptors (Lipinski definition) is 0. The van der Waals surface area contributed by atoms with E-state index in [4.69, 9.17) is 0 Å². The van der Waals surface area contributed by atoms with E-state index in [2.05, 4.69) is 124 Å². The molecule has 256 valence electrons. The number of rotatable bonds is 13. The molecule has 2 saturated carbocycles. The van der Waals surface area contributed by atoms with Crippen LogP contribution in [0.3, 0.4) is 0 Å². The summed E-state index contributed by atoms with van der Waals surface area (Å²) in [6.45, 7) is 6.92. The van der Waals surface area contributed by atoms with Gasteiger partial charge in [-0.25, -0.2) is 0 Å². The fraction of sp³-hybridized carbons (Fsp3) is 0.465. The zero-order chi connectivity index (χ0) is 30.4. The Labute approximate surface area is 327 Å². The van der Waals surface area contributed by atoms with Crippen molar-refractivity contribution in [2.24, 2.45) is 23.7 Å². The summed E-state index contributed by atoms with van der Waals surface area (Å²) in [4.78, 5) is 0. The molecule has 2 fully saturated rings. The van der Waals surface area contributed by atoms with Gasteiger partial charge in [-0.2, -0.15) is 12.3 Å². The monoisotopic (exact) mass is 752 g/mol. The molecule has 3 aliphatic carbocycles. The van der Waals surface area contributed by atoms with Gasteiger partial charge in [0.2, 0.25) is 0 Å². The molecule has 48 heavy (non-hydrogen) atoms. The first-order valence-corrected chi connectivity index (χ1v) is 20.2. The van der Waals surface area contributed by atoms with E-state index < -0.39 is 8.07 Å². The zero-order valence-electron chi connectivity index (χ0n) is 29.3. The minimum atomic E-state index is -2.49. The van der Waals surface area contributed by atoms with Gasteiger partial charge < -0.3 is 43.6 Å². The van der Waals surface area contributed by atoms with Gasteiger partial charge in [0.15, 0.2) is 0 Å². The molecule has 0 N–H and O–H groups in total. The van der Waals surface area contributed by atoms with E-state index in [-0.39, 0.29) is 58.9 Å². The summed E-state index contributed by atoms with van der Waals surface area (Å²) in [5.41, 5.74) is 5.10. The van der Waals surface area contributed by atoms with Gasteiger partial charge in [0, 0.05) is 0 Å². The van der Waals surface area contributed by atoms with Crippen molar-refractivity contribution in [2.45, 2.75) is 103 Å². The van der Waals surface area contributed by atoms with Crippen LogP contribution in [0, 0.1) is 30.1 Å². The van der Waals surface area contributed by atoms with Gasteiger partial charge in [0.05, 0.1) is 0 Å². The average molecular weight is 754 g/mol. The number of allylic oxidation sites excluding steroid dienone is 4. The number of halogens is 3. The number of benzene rings is 3. The third-order valence-corrected chi connectivity index (χ3v) is 16.9. The Morgan fingerprint density at radius 1 is 0.583 bits per heavy atom. The van der Waals surface area contributed by atoms with E-state index in [1.807, 2.05) is 0 Å². The van der Waals surface area contributed by atoms with E-state index in [9.17, 15) is 0 Å². The number of unbranched alkanes of at least 4 members (excludes halogenated alkanes) is 3. The predicted molar refractivity (Wildman–Crippen MR) is 194 cm³/mol. The average Bonchev–Trinajstić information content (AvgIpc) is 3.42. The van der Waals surface area contributed by atoms with Crippen LogP contribution in [0.1, 0.15) is 95.2 Å². The van der Waals surface area contributed by atoms with Crippen LogP contribution in [-0.2, 0) is 41.0 Å². The standard InChI is InChI=1S/C43H55Si.3ClH.Ti/c1-4-7-14-33-21-27-36(28-22-33)44(37-29-23-34(24-30-37)15-8-5-2,38-31-25-35(26-32-38)16-9-6-3)43-41-19-12-10-17-39(41)40-18-11-13-20-42(40)43;;;;/h10,12,17,19-32,39-43H,4-9,11,13-16,18H2,1-3H3;3*1H;/q-1;;;;+4/p-3. The summed E-state index contributed by atoms with van der Waals surface area (Å²) in [5, 5.41) is 4.85. The second-order valence-electron chi connectivity index (χ2n) is 14.1. The van der Waals surface area contributed by atoms with Crippen molar-refractivity contribution in [2.75, 3.05) is 0 Å². The Morgan fingerprint density at radius 3 is 1.38 bits per heavy atom. The summed E-state index contributed by atoms with van der Waals surface area (Å²) in [6.07, 6.45) is 27.9. The third-order valence-electron chi connectivity index (χ3n) is 11.4. The first-order chi connectivity index (χ1) is 21.7. The van der Waals surface area contributed by atoms with Crippen molar-refractivity contribution < 1.29 is 58.9 Å². The van der Waals surface area contributed by atoms with Crippen molar-refractivity contribution in [1.29, 1.82) is 0 Å². The molecule has 3 aromatic rings. The third kappa shape index (κ3) is 8.86. The molecule has 0 aromatic heterocycles. The molecule has 0 radical (unpaired) electrons. The molecular formula is C43H55Cl3SiTi. The minimum absolute atomic E-state index is 0. The Hall–Kier alpha value is -1.06. The number of fused-ring (bicyclic) bond motifs is 3. The molecule has 0 aliphatic heterocycles. The fourth-order valence-corrected chi connectivity index (χ4v) is 15.3. The van der Waals surface area contributed by atoms with Gasteiger partial charge in [-0.05, 0) is 82.6 Å². The van der Waals surface area contributed by atoms with Crippen LogP contribution in [0.2, 0.25) is 5.54 Å². The molecule has 0 amide bonds. The summed E-state index contributed by atoms with van der Waals surface area (Å²) in [6, 6.07) is 30.4. The van der Waals surface area contributed by atoms with Crippen LogP contribution in [0.15, 0.2) is 97.1 Å².